The summed E-state index contributed by atoms with van der Waals surface area (Å²) in [5.41, 5.74) is 1.25. The Hall–Kier alpha value is -2.60. The lowest BCUT2D eigenvalue weighted by Gasteiger charge is -2.19. The van der Waals surface area contributed by atoms with Gasteiger partial charge in [0, 0.05) is 11.6 Å². The Labute approximate surface area is 146 Å². The molecule has 1 N–H and O–H groups in total. The summed E-state index contributed by atoms with van der Waals surface area (Å²) in [6.45, 7) is 6.15. The minimum atomic E-state index is -3.89. The highest BCUT2D eigenvalue weighted by molar-refractivity contribution is 7.90. The standard InChI is InChI=1S/C19H19NO4S/c1-19(2,3)13-8-10-14(11-9-13)25(23,24)20-12-16(18(21)22)15-6-4-5-7-17(15)20/h4-12H,1-3H3,(H,21,22). The first-order valence-electron chi connectivity index (χ1n) is 7.82. The Kier molecular flexibility index (Phi) is 3.95. The molecule has 0 fully saturated rings. The van der Waals surface area contributed by atoms with E-state index >= 15 is 0 Å². The zero-order valence-electron chi connectivity index (χ0n) is 14.2. The van der Waals surface area contributed by atoms with Crippen LogP contribution >= 0.6 is 0 Å². The van der Waals surface area contributed by atoms with Crippen molar-refractivity contribution in [3.8, 4) is 0 Å². The van der Waals surface area contributed by atoms with Gasteiger partial charge >= 0.3 is 5.97 Å². The summed E-state index contributed by atoms with van der Waals surface area (Å²) in [5, 5.41) is 9.74. The molecular weight excluding hydrogens is 338 g/mol. The third kappa shape index (κ3) is 2.93. The molecule has 5 nitrogen and oxygen atoms in total. The maximum Gasteiger partial charge on any atom is 0.337 e. The van der Waals surface area contributed by atoms with Gasteiger partial charge in [-0.1, -0.05) is 51.1 Å². The van der Waals surface area contributed by atoms with Crippen LogP contribution in [0, 0.1) is 0 Å². The fraction of sp³-hybridized carbons (Fsp3) is 0.211. The lowest BCUT2D eigenvalue weighted by atomic mass is 9.87. The monoisotopic (exact) mass is 357 g/mol. The van der Waals surface area contributed by atoms with Gasteiger partial charge in [-0.3, -0.25) is 0 Å². The van der Waals surface area contributed by atoms with Crippen LogP contribution in [0.3, 0.4) is 0 Å². The zero-order valence-corrected chi connectivity index (χ0v) is 15.0. The van der Waals surface area contributed by atoms with Crippen LogP contribution < -0.4 is 0 Å². The van der Waals surface area contributed by atoms with Crippen molar-refractivity contribution in [2.75, 3.05) is 0 Å². The van der Waals surface area contributed by atoms with E-state index in [1.165, 1.54) is 6.20 Å². The van der Waals surface area contributed by atoms with E-state index in [4.69, 9.17) is 0 Å². The minimum absolute atomic E-state index is 0.0366. The first-order chi connectivity index (χ1) is 11.6. The van der Waals surface area contributed by atoms with Crippen molar-refractivity contribution in [1.82, 2.24) is 3.97 Å². The fourth-order valence-corrected chi connectivity index (χ4v) is 4.13. The number of carbonyl (C=O) groups is 1. The second kappa shape index (κ2) is 5.74. The number of rotatable bonds is 3. The molecule has 0 saturated carbocycles. The third-order valence-corrected chi connectivity index (χ3v) is 5.87. The number of para-hydroxylation sites is 1. The Morgan fingerprint density at radius 1 is 1.00 bits per heavy atom. The highest BCUT2D eigenvalue weighted by Crippen LogP contribution is 2.28. The average Bonchev–Trinajstić information content (AvgIpc) is 2.95. The van der Waals surface area contributed by atoms with E-state index in [9.17, 15) is 18.3 Å². The lowest BCUT2D eigenvalue weighted by Crippen LogP contribution is -2.14. The van der Waals surface area contributed by atoms with Crippen molar-refractivity contribution >= 4 is 26.9 Å². The number of carboxylic acid groups (broad SMARTS) is 1. The van der Waals surface area contributed by atoms with Gasteiger partial charge < -0.3 is 5.11 Å². The van der Waals surface area contributed by atoms with Crippen LogP contribution in [0.1, 0.15) is 36.7 Å². The molecule has 1 aromatic heterocycles. The van der Waals surface area contributed by atoms with Crippen molar-refractivity contribution < 1.29 is 18.3 Å². The van der Waals surface area contributed by atoms with E-state index in [1.54, 1.807) is 48.5 Å². The predicted molar refractivity (Wildman–Crippen MR) is 96.6 cm³/mol. The highest BCUT2D eigenvalue weighted by Gasteiger charge is 2.24. The maximum atomic E-state index is 13.0. The zero-order chi connectivity index (χ0) is 18.4. The lowest BCUT2D eigenvalue weighted by molar-refractivity contribution is 0.0699. The van der Waals surface area contributed by atoms with Crippen LogP contribution in [-0.4, -0.2) is 23.5 Å². The Morgan fingerprint density at radius 3 is 2.16 bits per heavy atom. The summed E-state index contributed by atoms with van der Waals surface area (Å²) in [5.74, 6) is -1.16. The van der Waals surface area contributed by atoms with Crippen LogP contribution in [-0.2, 0) is 15.4 Å². The van der Waals surface area contributed by atoms with Crippen molar-refractivity contribution in [2.45, 2.75) is 31.1 Å². The largest absolute Gasteiger partial charge is 0.478 e. The smallest absolute Gasteiger partial charge is 0.337 e. The molecule has 6 heteroatoms. The average molecular weight is 357 g/mol. The van der Waals surface area contributed by atoms with E-state index in [2.05, 4.69) is 20.8 Å². The number of fused-ring (bicyclic) bond motifs is 1. The van der Waals surface area contributed by atoms with Crippen molar-refractivity contribution in [3.63, 3.8) is 0 Å². The van der Waals surface area contributed by atoms with Crippen molar-refractivity contribution in [2.24, 2.45) is 0 Å². The molecule has 0 radical (unpaired) electrons. The van der Waals surface area contributed by atoms with Gasteiger partial charge in [-0.05, 0) is 29.2 Å². The van der Waals surface area contributed by atoms with Crippen LogP contribution in [0.2, 0.25) is 0 Å². The number of carboxylic acids is 1. The molecule has 3 aromatic rings. The van der Waals surface area contributed by atoms with Gasteiger partial charge in [-0.2, -0.15) is 0 Å². The van der Waals surface area contributed by atoms with Crippen LogP contribution in [0.25, 0.3) is 10.9 Å². The summed E-state index contributed by atoms with van der Waals surface area (Å²) < 4.78 is 27.1. The molecule has 2 aromatic carbocycles. The molecule has 0 spiro atoms. The third-order valence-electron chi connectivity index (χ3n) is 4.19. The van der Waals surface area contributed by atoms with E-state index in [0.29, 0.717) is 10.9 Å². The van der Waals surface area contributed by atoms with Gasteiger partial charge in [-0.25, -0.2) is 17.2 Å². The number of aromatic carboxylic acids is 1. The summed E-state index contributed by atoms with van der Waals surface area (Å²) in [4.78, 5) is 11.6. The highest BCUT2D eigenvalue weighted by atomic mass is 32.2. The number of benzene rings is 2. The topological polar surface area (TPSA) is 76.4 Å². The van der Waals surface area contributed by atoms with Gasteiger partial charge in [0.1, 0.15) is 0 Å². The SMILES string of the molecule is CC(C)(C)c1ccc(S(=O)(=O)n2cc(C(=O)O)c3ccccc32)cc1. The Bertz CT molecular complexity index is 1050. The number of hydrogen-bond acceptors (Lipinski definition) is 3. The molecule has 3 rings (SSSR count). The second-order valence-electron chi connectivity index (χ2n) is 6.94. The molecule has 0 bridgehead atoms. The molecule has 0 aliphatic rings. The first-order valence-corrected chi connectivity index (χ1v) is 9.26. The second-order valence-corrected chi connectivity index (χ2v) is 8.76. The Balaban J connectivity index is 2.19. The van der Waals surface area contributed by atoms with Crippen molar-refractivity contribution in [3.05, 3.63) is 65.9 Å². The van der Waals surface area contributed by atoms with Gasteiger partial charge in [0.25, 0.3) is 10.0 Å². The fourth-order valence-electron chi connectivity index (χ4n) is 2.76. The molecule has 130 valence electrons. The van der Waals surface area contributed by atoms with Crippen LogP contribution in [0.15, 0.2) is 59.6 Å². The molecule has 25 heavy (non-hydrogen) atoms. The Morgan fingerprint density at radius 2 is 1.60 bits per heavy atom. The number of hydrogen-bond donors (Lipinski definition) is 1. The van der Waals surface area contributed by atoms with Crippen molar-refractivity contribution in [1.29, 1.82) is 0 Å². The van der Waals surface area contributed by atoms with Gasteiger partial charge in [0.15, 0.2) is 0 Å². The molecule has 0 saturated heterocycles. The normalized spacial score (nSPS) is 12.4. The molecule has 1 heterocycles. The quantitative estimate of drug-likeness (QED) is 0.772. The van der Waals surface area contributed by atoms with E-state index in [-0.39, 0.29) is 15.9 Å². The molecular formula is C19H19NO4S. The molecule has 0 unspecified atom stereocenters. The molecule has 0 atom stereocenters. The molecule has 0 aliphatic carbocycles. The van der Waals surface area contributed by atoms with Gasteiger partial charge in [0.05, 0.1) is 16.0 Å². The predicted octanol–water partition coefficient (Wildman–Crippen LogP) is 3.87. The van der Waals surface area contributed by atoms with Gasteiger partial charge in [0.2, 0.25) is 0 Å². The molecule has 0 aliphatic heterocycles. The first kappa shape index (κ1) is 17.2. The van der Waals surface area contributed by atoms with Crippen LogP contribution in [0.4, 0.5) is 0 Å². The van der Waals surface area contributed by atoms with E-state index in [1.807, 2.05) is 0 Å². The summed E-state index contributed by atoms with van der Waals surface area (Å²) in [7, 11) is -3.89. The molecule has 0 amide bonds. The number of aromatic nitrogens is 1. The summed E-state index contributed by atoms with van der Waals surface area (Å²) in [6.07, 6.45) is 1.17. The summed E-state index contributed by atoms with van der Waals surface area (Å²) >= 11 is 0. The van der Waals surface area contributed by atoms with Crippen LogP contribution in [0.5, 0.6) is 0 Å². The number of nitrogens with zero attached hydrogens (tertiary/aromatic N) is 1. The minimum Gasteiger partial charge on any atom is -0.478 e. The van der Waals surface area contributed by atoms with E-state index in [0.717, 1.165) is 9.54 Å². The van der Waals surface area contributed by atoms with Gasteiger partial charge in [-0.15, -0.1) is 0 Å². The van der Waals surface area contributed by atoms with E-state index < -0.39 is 16.0 Å². The maximum absolute atomic E-state index is 13.0. The summed E-state index contributed by atoms with van der Waals surface area (Å²) in [6, 6.07) is 13.3.